The van der Waals surface area contributed by atoms with Crippen molar-refractivity contribution in [3.63, 3.8) is 0 Å². The van der Waals surface area contributed by atoms with Crippen molar-refractivity contribution in [2.45, 2.75) is 6.54 Å². The second kappa shape index (κ2) is 3.55. The maximum Gasteiger partial charge on any atom is 0.246 e. The lowest BCUT2D eigenvalue weighted by Crippen LogP contribution is -1.92. The minimum Gasteiger partial charge on any atom is -0.438 e. The van der Waals surface area contributed by atoms with Crippen molar-refractivity contribution in [1.29, 1.82) is 0 Å². The zero-order chi connectivity index (χ0) is 10.1. The molecule has 0 atom stereocenters. The van der Waals surface area contributed by atoms with Crippen molar-refractivity contribution < 1.29 is 4.42 Å². The molecule has 6 heteroatoms. The van der Waals surface area contributed by atoms with E-state index in [1.807, 2.05) is 17.8 Å². The van der Waals surface area contributed by atoms with Crippen LogP contribution in [0.25, 0.3) is 11.6 Å². The van der Waals surface area contributed by atoms with Gasteiger partial charge in [-0.1, -0.05) is 0 Å². The van der Waals surface area contributed by atoms with Crippen LogP contribution in [0.3, 0.4) is 0 Å². The smallest absolute Gasteiger partial charge is 0.246 e. The van der Waals surface area contributed by atoms with Gasteiger partial charge in [0.25, 0.3) is 0 Å². The van der Waals surface area contributed by atoms with Crippen LogP contribution >= 0.6 is 15.9 Å². The summed E-state index contributed by atoms with van der Waals surface area (Å²) in [5.41, 5.74) is 6.10. The number of aryl methyl sites for hydroxylation is 1. The van der Waals surface area contributed by atoms with Crippen LogP contribution in [-0.4, -0.2) is 14.5 Å². The van der Waals surface area contributed by atoms with Gasteiger partial charge in [-0.15, -0.1) is 0 Å². The van der Waals surface area contributed by atoms with E-state index >= 15 is 0 Å². The standard InChI is InChI=1S/C8H9BrN4O/c1-13-4-6(12-8(13)9)7-11-3-5(2-10)14-7/h3-4H,2,10H2,1H3. The van der Waals surface area contributed by atoms with Gasteiger partial charge in [-0.2, -0.15) is 0 Å². The van der Waals surface area contributed by atoms with E-state index in [4.69, 9.17) is 10.2 Å². The quantitative estimate of drug-likeness (QED) is 0.880. The molecule has 0 aliphatic rings. The van der Waals surface area contributed by atoms with E-state index in [2.05, 4.69) is 25.9 Å². The lowest BCUT2D eigenvalue weighted by molar-refractivity contribution is 0.519. The van der Waals surface area contributed by atoms with Gasteiger partial charge in [0.2, 0.25) is 5.89 Å². The Hall–Kier alpha value is -1.14. The van der Waals surface area contributed by atoms with E-state index in [0.717, 1.165) is 4.73 Å². The van der Waals surface area contributed by atoms with Crippen LogP contribution in [-0.2, 0) is 13.6 Å². The fraction of sp³-hybridized carbons (Fsp3) is 0.250. The SMILES string of the molecule is Cn1cc(-c2ncc(CN)o2)nc1Br. The minimum absolute atomic E-state index is 0.348. The third-order valence-electron chi connectivity index (χ3n) is 1.79. The molecule has 0 unspecified atom stereocenters. The molecule has 0 aliphatic heterocycles. The molecule has 0 spiro atoms. The van der Waals surface area contributed by atoms with Gasteiger partial charge in [0, 0.05) is 13.2 Å². The number of nitrogens with zero attached hydrogens (tertiary/aromatic N) is 3. The van der Waals surface area contributed by atoms with Crippen molar-refractivity contribution in [3.05, 3.63) is 22.9 Å². The van der Waals surface area contributed by atoms with E-state index in [9.17, 15) is 0 Å². The number of hydrogen-bond acceptors (Lipinski definition) is 4. The molecule has 0 aromatic carbocycles. The van der Waals surface area contributed by atoms with Gasteiger partial charge in [0.15, 0.2) is 4.73 Å². The molecular weight excluding hydrogens is 248 g/mol. The minimum atomic E-state index is 0.348. The van der Waals surface area contributed by atoms with Crippen molar-refractivity contribution in [3.8, 4) is 11.6 Å². The van der Waals surface area contributed by atoms with Crippen molar-refractivity contribution in [2.75, 3.05) is 0 Å². The molecule has 2 aromatic heterocycles. The lowest BCUT2D eigenvalue weighted by atomic mass is 10.5. The largest absolute Gasteiger partial charge is 0.438 e. The van der Waals surface area contributed by atoms with Crippen LogP contribution in [0.5, 0.6) is 0 Å². The van der Waals surface area contributed by atoms with E-state index in [-0.39, 0.29) is 0 Å². The highest BCUT2D eigenvalue weighted by atomic mass is 79.9. The average Bonchev–Trinajstić information content (AvgIpc) is 2.74. The molecule has 0 aliphatic carbocycles. The summed E-state index contributed by atoms with van der Waals surface area (Å²) in [6.07, 6.45) is 3.44. The molecule has 0 fully saturated rings. The number of rotatable bonds is 2. The number of nitrogens with two attached hydrogens (primary N) is 1. The Kier molecular flexibility index (Phi) is 2.39. The monoisotopic (exact) mass is 256 g/mol. The zero-order valence-corrected chi connectivity index (χ0v) is 9.15. The molecule has 0 saturated heterocycles. The molecule has 14 heavy (non-hydrogen) atoms. The highest BCUT2D eigenvalue weighted by Crippen LogP contribution is 2.19. The highest BCUT2D eigenvalue weighted by Gasteiger charge is 2.10. The maximum absolute atomic E-state index is 5.41. The van der Waals surface area contributed by atoms with E-state index in [0.29, 0.717) is 23.9 Å². The Morgan fingerprint density at radius 3 is 2.93 bits per heavy atom. The number of oxazole rings is 1. The average molecular weight is 257 g/mol. The lowest BCUT2D eigenvalue weighted by Gasteiger charge is -1.87. The second-order valence-corrected chi connectivity index (χ2v) is 3.55. The van der Waals surface area contributed by atoms with Crippen LogP contribution in [0.15, 0.2) is 21.5 Å². The predicted octanol–water partition coefficient (Wildman–Crippen LogP) is 1.30. The van der Waals surface area contributed by atoms with E-state index in [1.165, 1.54) is 0 Å². The van der Waals surface area contributed by atoms with Crippen LogP contribution in [0.4, 0.5) is 0 Å². The second-order valence-electron chi connectivity index (χ2n) is 2.84. The molecule has 74 valence electrons. The van der Waals surface area contributed by atoms with Crippen LogP contribution in [0.1, 0.15) is 5.76 Å². The molecule has 0 bridgehead atoms. The van der Waals surface area contributed by atoms with E-state index in [1.54, 1.807) is 6.20 Å². The Bertz CT molecular complexity index is 428. The van der Waals surface area contributed by atoms with Crippen molar-refractivity contribution in [1.82, 2.24) is 14.5 Å². The zero-order valence-electron chi connectivity index (χ0n) is 7.57. The van der Waals surface area contributed by atoms with Gasteiger partial charge < -0.3 is 14.7 Å². The topological polar surface area (TPSA) is 69.9 Å². The first kappa shape index (κ1) is 9.42. The molecule has 2 heterocycles. The van der Waals surface area contributed by atoms with Gasteiger partial charge in [0.05, 0.1) is 12.7 Å². The molecular formula is C8H9BrN4O. The Morgan fingerprint density at radius 2 is 2.43 bits per heavy atom. The number of halogens is 1. The molecule has 5 nitrogen and oxygen atoms in total. The Balaban J connectivity index is 2.39. The summed E-state index contributed by atoms with van der Waals surface area (Å²) in [6, 6.07) is 0. The number of aromatic nitrogens is 3. The van der Waals surface area contributed by atoms with Crippen molar-refractivity contribution >= 4 is 15.9 Å². The predicted molar refractivity (Wildman–Crippen MR) is 54.3 cm³/mol. The summed E-state index contributed by atoms with van der Waals surface area (Å²) < 4.78 is 7.93. The third-order valence-corrected chi connectivity index (χ3v) is 2.53. The number of hydrogen-bond donors (Lipinski definition) is 1. The highest BCUT2D eigenvalue weighted by molar-refractivity contribution is 9.10. The Labute approximate surface area is 89.1 Å². The summed E-state index contributed by atoms with van der Waals surface area (Å²) in [5, 5.41) is 0. The van der Waals surface area contributed by atoms with Crippen LogP contribution in [0.2, 0.25) is 0 Å². The van der Waals surface area contributed by atoms with E-state index < -0.39 is 0 Å². The van der Waals surface area contributed by atoms with Gasteiger partial charge in [-0.05, 0) is 15.9 Å². The first-order chi connectivity index (χ1) is 6.70. The third kappa shape index (κ3) is 1.58. The molecule has 2 rings (SSSR count). The summed E-state index contributed by atoms with van der Waals surface area (Å²) in [5.74, 6) is 1.15. The fourth-order valence-corrected chi connectivity index (χ4v) is 1.36. The molecule has 0 amide bonds. The van der Waals surface area contributed by atoms with Crippen LogP contribution < -0.4 is 5.73 Å². The fourth-order valence-electron chi connectivity index (χ4n) is 1.07. The first-order valence-corrected chi connectivity index (χ1v) is 4.84. The summed E-state index contributed by atoms with van der Waals surface area (Å²) in [7, 11) is 1.88. The van der Waals surface area contributed by atoms with Crippen molar-refractivity contribution in [2.24, 2.45) is 12.8 Å². The summed E-state index contributed by atoms with van der Waals surface area (Å²) in [6.45, 7) is 0.348. The Morgan fingerprint density at radius 1 is 1.64 bits per heavy atom. The summed E-state index contributed by atoms with van der Waals surface area (Å²) in [4.78, 5) is 8.28. The number of imidazole rings is 1. The molecule has 0 radical (unpaired) electrons. The maximum atomic E-state index is 5.41. The van der Waals surface area contributed by atoms with Gasteiger partial charge in [-0.3, -0.25) is 0 Å². The molecule has 2 aromatic rings. The summed E-state index contributed by atoms with van der Waals surface area (Å²) >= 11 is 3.29. The molecule has 0 saturated carbocycles. The van der Waals surface area contributed by atoms with Gasteiger partial charge in [-0.25, -0.2) is 9.97 Å². The van der Waals surface area contributed by atoms with Gasteiger partial charge in [0.1, 0.15) is 11.5 Å². The molecule has 2 N–H and O–H groups in total. The normalized spacial score (nSPS) is 10.8. The van der Waals surface area contributed by atoms with Crippen LogP contribution in [0, 0.1) is 0 Å². The van der Waals surface area contributed by atoms with Gasteiger partial charge >= 0.3 is 0 Å². The first-order valence-electron chi connectivity index (χ1n) is 4.04.